The standard InChI is InChI=1S/C10H15NO/c1-2-10(12)11-9-6-5-8(9)7-3-4-7/h2,7-9H,1,3-6H2,(H,11,12). The molecule has 0 bridgehead atoms. The molecule has 2 nitrogen and oxygen atoms in total. The Labute approximate surface area is 73.0 Å². The quantitative estimate of drug-likeness (QED) is 0.630. The molecule has 0 aliphatic heterocycles. The number of rotatable bonds is 3. The van der Waals surface area contributed by atoms with E-state index in [0.29, 0.717) is 6.04 Å². The van der Waals surface area contributed by atoms with Crippen molar-refractivity contribution in [2.24, 2.45) is 11.8 Å². The van der Waals surface area contributed by atoms with Gasteiger partial charge in [-0.3, -0.25) is 4.79 Å². The molecular weight excluding hydrogens is 150 g/mol. The minimum Gasteiger partial charge on any atom is -0.350 e. The summed E-state index contributed by atoms with van der Waals surface area (Å²) in [5, 5.41) is 2.98. The van der Waals surface area contributed by atoms with Gasteiger partial charge in [0.15, 0.2) is 0 Å². The van der Waals surface area contributed by atoms with E-state index >= 15 is 0 Å². The Kier molecular flexibility index (Phi) is 1.91. The number of amides is 1. The first-order valence-corrected chi connectivity index (χ1v) is 4.74. The van der Waals surface area contributed by atoms with Crippen LogP contribution in [-0.2, 0) is 4.79 Å². The topological polar surface area (TPSA) is 29.1 Å². The van der Waals surface area contributed by atoms with E-state index in [9.17, 15) is 4.79 Å². The Balaban J connectivity index is 1.80. The summed E-state index contributed by atoms with van der Waals surface area (Å²) in [5.41, 5.74) is 0. The summed E-state index contributed by atoms with van der Waals surface area (Å²) in [6, 6.07) is 0.461. The molecule has 2 heteroatoms. The van der Waals surface area contributed by atoms with Crippen LogP contribution in [0.5, 0.6) is 0 Å². The molecule has 0 heterocycles. The summed E-state index contributed by atoms with van der Waals surface area (Å²) in [4.78, 5) is 11.0. The second kappa shape index (κ2) is 2.92. The van der Waals surface area contributed by atoms with Gasteiger partial charge >= 0.3 is 0 Å². The van der Waals surface area contributed by atoms with Gasteiger partial charge in [0.25, 0.3) is 0 Å². The molecule has 2 aliphatic rings. The van der Waals surface area contributed by atoms with Crippen LogP contribution < -0.4 is 5.32 Å². The van der Waals surface area contributed by atoms with Crippen LogP contribution in [-0.4, -0.2) is 11.9 Å². The third-order valence-electron chi connectivity index (χ3n) is 3.07. The predicted octanol–water partition coefficient (Wildman–Crippen LogP) is 1.48. The molecule has 0 aromatic rings. The van der Waals surface area contributed by atoms with Crippen LogP contribution in [0.1, 0.15) is 25.7 Å². The molecule has 0 radical (unpaired) electrons. The van der Waals surface area contributed by atoms with Crippen LogP contribution in [0.3, 0.4) is 0 Å². The van der Waals surface area contributed by atoms with E-state index in [-0.39, 0.29) is 5.91 Å². The van der Waals surface area contributed by atoms with E-state index in [2.05, 4.69) is 11.9 Å². The van der Waals surface area contributed by atoms with E-state index in [0.717, 1.165) is 11.8 Å². The summed E-state index contributed by atoms with van der Waals surface area (Å²) in [6.45, 7) is 3.45. The van der Waals surface area contributed by atoms with Crippen LogP contribution in [0.4, 0.5) is 0 Å². The highest BCUT2D eigenvalue weighted by molar-refractivity contribution is 5.87. The third kappa shape index (κ3) is 1.38. The Morgan fingerprint density at radius 3 is 2.50 bits per heavy atom. The Morgan fingerprint density at radius 1 is 1.33 bits per heavy atom. The first-order valence-electron chi connectivity index (χ1n) is 4.74. The molecule has 1 N–H and O–H groups in total. The molecular formula is C10H15NO. The monoisotopic (exact) mass is 165 g/mol. The van der Waals surface area contributed by atoms with Crippen molar-refractivity contribution in [3.05, 3.63) is 12.7 Å². The number of hydrogen-bond donors (Lipinski definition) is 1. The lowest BCUT2D eigenvalue weighted by molar-refractivity contribution is -0.118. The minimum absolute atomic E-state index is 0.00894. The maximum atomic E-state index is 11.0. The lowest BCUT2D eigenvalue weighted by Gasteiger charge is -2.37. The van der Waals surface area contributed by atoms with Crippen molar-refractivity contribution in [2.45, 2.75) is 31.7 Å². The maximum Gasteiger partial charge on any atom is 0.243 e. The third-order valence-corrected chi connectivity index (χ3v) is 3.07. The second-order valence-corrected chi connectivity index (χ2v) is 3.90. The van der Waals surface area contributed by atoms with E-state index in [1.165, 1.54) is 31.8 Å². The Bertz CT molecular complexity index is 208. The van der Waals surface area contributed by atoms with Gasteiger partial charge in [-0.25, -0.2) is 0 Å². The van der Waals surface area contributed by atoms with E-state index < -0.39 is 0 Å². The maximum absolute atomic E-state index is 11.0. The summed E-state index contributed by atoms with van der Waals surface area (Å²) in [6.07, 6.45) is 6.60. The van der Waals surface area contributed by atoms with Crippen molar-refractivity contribution >= 4 is 5.91 Å². The normalized spacial score (nSPS) is 33.7. The zero-order valence-electron chi connectivity index (χ0n) is 7.25. The van der Waals surface area contributed by atoms with Gasteiger partial charge in [-0.2, -0.15) is 0 Å². The predicted molar refractivity (Wildman–Crippen MR) is 47.6 cm³/mol. The SMILES string of the molecule is C=CC(=O)NC1CCC1C1CC1. The van der Waals surface area contributed by atoms with Gasteiger partial charge < -0.3 is 5.32 Å². The van der Waals surface area contributed by atoms with Crippen LogP contribution in [0.15, 0.2) is 12.7 Å². The minimum atomic E-state index is -0.00894. The number of carbonyl (C=O) groups excluding carboxylic acids is 1. The van der Waals surface area contributed by atoms with Gasteiger partial charge in [0.1, 0.15) is 0 Å². The van der Waals surface area contributed by atoms with Crippen LogP contribution in [0, 0.1) is 11.8 Å². The molecule has 12 heavy (non-hydrogen) atoms. The van der Waals surface area contributed by atoms with Gasteiger partial charge in [-0.05, 0) is 43.6 Å². The first-order chi connectivity index (χ1) is 5.81. The van der Waals surface area contributed by atoms with Crippen molar-refractivity contribution in [3.63, 3.8) is 0 Å². The molecule has 2 saturated carbocycles. The number of hydrogen-bond acceptors (Lipinski definition) is 1. The summed E-state index contributed by atoms with van der Waals surface area (Å²) in [5.74, 6) is 1.70. The van der Waals surface area contributed by atoms with Crippen molar-refractivity contribution in [1.29, 1.82) is 0 Å². The van der Waals surface area contributed by atoms with Crippen molar-refractivity contribution in [2.75, 3.05) is 0 Å². The van der Waals surface area contributed by atoms with Gasteiger partial charge in [-0.1, -0.05) is 6.58 Å². The van der Waals surface area contributed by atoms with Gasteiger partial charge in [0.2, 0.25) is 5.91 Å². The van der Waals surface area contributed by atoms with E-state index in [1.807, 2.05) is 0 Å². The summed E-state index contributed by atoms with van der Waals surface area (Å²) in [7, 11) is 0. The lowest BCUT2D eigenvalue weighted by atomic mass is 9.76. The summed E-state index contributed by atoms with van der Waals surface area (Å²) < 4.78 is 0. The number of carbonyl (C=O) groups is 1. The largest absolute Gasteiger partial charge is 0.350 e. The highest BCUT2D eigenvalue weighted by Gasteiger charge is 2.42. The van der Waals surface area contributed by atoms with Gasteiger partial charge in [0, 0.05) is 6.04 Å². The van der Waals surface area contributed by atoms with E-state index in [1.54, 1.807) is 0 Å². The Hall–Kier alpha value is -0.790. The number of nitrogens with one attached hydrogen (secondary N) is 1. The molecule has 0 aromatic heterocycles. The van der Waals surface area contributed by atoms with Crippen LogP contribution in [0.2, 0.25) is 0 Å². The fourth-order valence-electron chi connectivity index (χ4n) is 2.04. The molecule has 1 amide bonds. The van der Waals surface area contributed by atoms with Gasteiger partial charge in [-0.15, -0.1) is 0 Å². The molecule has 2 rings (SSSR count). The van der Waals surface area contributed by atoms with Crippen molar-refractivity contribution in [1.82, 2.24) is 5.32 Å². The Morgan fingerprint density at radius 2 is 2.08 bits per heavy atom. The second-order valence-electron chi connectivity index (χ2n) is 3.90. The van der Waals surface area contributed by atoms with Crippen molar-refractivity contribution < 1.29 is 4.79 Å². The molecule has 0 aromatic carbocycles. The molecule has 2 unspecified atom stereocenters. The molecule has 2 fully saturated rings. The van der Waals surface area contributed by atoms with Crippen LogP contribution in [0.25, 0.3) is 0 Å². The van der Waals surface area contributed by atoms with Gasteiger partial charge in [0.05, 0.1) is 0 Å². The molecule has 2 aliphatic carbocycles. The smallest absolute Gasteiger partial charge is 0.243 e. The lowest BCUT2D eigenvalue weighted by Crippen LogP contribution is -2.47. The van der Waals surface area contributed by atoms with Crippen molar-refractivity contribution in [3.8, 4) is 0 Å². The molecule has 0 spiro atoms. The zero-order valence-corrected chi connectivity index (χ0v) is 7.25. The van der Waals surface area contributed by atoms with E-state index in [4.69, 9.17) is 0 Å². The zero-order chi connectivity index (χ0) is 8.55. The molecule has 0 saturated heterocycles. The highest BCUT2D eigenvalue weighted by atomic mass is 16.1. The highest BCUT2D eigenvalue weighted by Crippen LogP contribution is 2.46. The fraction of sp³-hybridized carbons (Fsp3) is 0.700. The van der Waals surface area contributed by atoms with Crippen LogP contribution >= 0.6 is 0 Å². The molecule has 2 atom stereocenters. The molecule has 66 valence electrons. The first kappa shape index (κ1) is 7.84. The fourth-order valence-corrected chi connectivity index (χ4v) is 2.04. The average Bonchev–Trinajstić information content (AvgIpc) is 2.81. The average molecular weight is 165 g/mol. The summed E-state index contributed by atoms with van der Waals surface area (Å²) >= 11 is 0.